The van der Waals surface area contributed by atoms with Gasteiger partial charge in [0, 0.05) is 5.02 Å². The number of H-pyrrole nitrogens is 1. The molecule has 0 saturated heterocycles. The molecule has 8 nitrogen and oxygen atoms in total. The molecule has 0 aliphatic heterocycles. The number of carboxylic acids is 1. The van der Waals surface area contributed by atoms with Crippen molar-refractivity contribution in [3.63, 3.8) is 0 Å². The summed E-state index contributed by atoms with van der Waals surface area (Å²) in [6.45, 7) is 0. The molecule has 0 saturated carbocycles. The maximum absolute atomic E-state index is 10.8. The second-order valence-corrected chi connectivity index (χ2v) is 4.26. The Hall–Kier alpha value is -2.74. The predicted molar refractivity (Wildman–Crippen MR) is 76.2 cm³/mol. The van der Waals surface area contributed by atoms with Gasteiger partial charge >= 0.3 is 11.9 Å². The number of rotatable bonds is 3. The van der Waals surface area contributed by atoms with Gasteiger partial charge in [0.1, 0.15) is 0 Å². The molecule has 0 fully saturated rings. The number of carboxylic acid groups (broad SMARTS) is 1. The number of nitrogen functional groups attached to an aromatic ring is 1. The van der Waals surface area contributed by atoms with E-state index in [1.54, 1.807) is 6.07 Å². The number of aromatic carboxylic acids is 1. The topological polar surface area (TPSA) is 132 Å². The van der Waals surface area contributed by atoms with Gasteiger partial charge in [0.15, 0.2) is 0 Å². The van der Waals surface area contributed by atoms with Crippen molar-refractivity contribution in [1.29, 1.82) is 0 Å². The standard InChI is InChI=1S/C7H5ClO3.C6H9N3O2/c8-4-1-2-6(9)5(3-4)7(10)11;1-10-4-3-5(11-2)9-6(7)8-4/h1-3,9H,(H,10,11);3H,1-2H3,(H2,7,8,9). The van der Waals surface area contributed by atoms with E-state index in [2.05, 4.69) is 9.97 Å². The summed E-state index contributed by atoms with van der Waals surface area (Å²) in [4.78, 5) is 16.8. The highest BCUT2D eigenvalue weighted by molar-refractivity contribution is 6.31. The summed E-state index contributed by atoms with van der Waals surface area (Å²) in [5.74, 6) is -0.562. The Morgan fingerprint density at radius 2 is 2.05 bits per heavy atom. The molecule has 0 aliphatic rings. The number of carbonyl (C=O) groups is 1. The van der Waals surface area contributed by atoms with E-state index in [0.717, 1.165) is 12.1 Å². The van der Waals surface area contributed by atoms with Crippen molar-refractivity contribution in [2.24, 2.45) is 0 Å². The van der Waals surface area contributed by atoms with Gasteiger partial charge in [-0.2, -0.15) is 0 Å². The number of nitrogens with two attached hydrogens (primary N) is 1. The quantitative estimate of drug-likeness (QED) is 0.843. The number of nitrogens with zero attached hydrogens (tertiary/aromatic N) is 1. The van der Waals surface area contributed by atoms with E-state index in [1.807, 2.05) is 0 Å². The largest absolute Gasteiger partial charge is 0.872 e. The summed E-state index contributed by atoms with van der Waals surface area (Å²) in [5, 5.41) is 19.5. The summed E-state index contributed by atoms with van der Waals surface area (Å²) < 4.78 is 9.73. The molecule has 0 bridgehead atoms. The zero-order chi connectivity index (χ0) is 16.7. The van der Waals surface area contributed by atoms with Crippen molar-refractivity contribution in [2.45, 2.75) is 0 Å². The molecule has 2 rings (SSSR count). The maximum atomic E-state index is 10.8. The first-order valence-electron chi connectivity index (χ1n) is 5.85. The van der Waals surface area contributed by atoms with Crippen LogP contribution in [0.4, 0.5) is 5.95 Å². The van der Waals surface area contributed by atoms with Crippen LogP contribution in [0.1, 0.15) is 10.4 Å². The third-order valence-electron chi connectivity index (χ3n) is 2.34. The lowest BCUT2D eigenvalue weighted by Crippen LogP contribution is -2.15. The normalized spacial score (nSPS) is 9.41. The van der Waals surface area contributed by atoms with Crippen LogP contribution >= 0.6 is 11.6 Å². The fourth-order valence-electron chi connectivity index (χ4n) is 1.34. The Labute approximate surface area is 131 Å². The van der Waals surface area contributed by atoms with Crippen molar-refractivity contribution in [1.82, 2.24) is 4.98 Å². The molecule has 0 unspecified atom stereocenters. The van der Waals surface area contributed by atoms with Gasteiger partial charge in [0.2, 0.25) is 0 Å². The highest BCUT2D eigenvalue weighted by atomic mass is 35.5. The molecule has 0 radical (unpaired) electrons. The highest BCUT2D eigenvalue weighted by Gasteiger charge is 2.07. The van der Waals surface area contributed by atoms with Gasteiger partial charge in [-0.3, -0.25) is 5.73 Å². The number of benzene rings is 1. The smallest absolute Gasteiger partial charge is 0.393 e. The maximum Gasteiger partial charge on any atom is 0.393 e. The van der Waals surface area contributed by atoms with E-state index in [9.17, 15) is 9.90 Å². The van der Waals surface area contributed by atoms with Gasteiger partial charge in [-0.1, -0.05) is 23.4 Å². The van der Waals surface area contributed by atoms with Crippen LogP contribution in [0, 0.1) is 0 Å². The molecule has 0 amide bonds. The summed E-state index contributed by atoms with van der Waals surface area (Å²) in [6.07, 6.45) is 0. The monoisotopic (exact) mass is 327 g/mol. The average molecular weight is 328 g/mol. The van der Waals surface area contributed by atoms with Gasteiger partial charge in [-0.05, 0) is 17.1 Å². The van der Waals surface area contributed by atoms with Gasteiger partial charge in [-0.25, -0.2) is 9.78 Å². The molecule has 9 heteroatoms. The second kappa shape index (κ2) is 7.89. The number of hydrogen-bond donors (Lipinski definition) is 2. The molecule has 4 N–H and O–H groups in total. The number of anilines is 1. The number of nitrogens with one attached hydrogen (secondary N) is 1. The number of halogens is 1. The predicted octanol–water partition coefficient (Wildman–Crippen LogP) is 0.607. The van der Waals surface area contributed by atoms with Crippen LogP contribution in [0.5, 0.6) is 17.5 Å². The fraction of sp³-hybridized carbons (Fsp3) is 0.154. The molecule has 0 spiro atoms. The number of aromatic amines is 1. The van der Waals surface area contributed by atoms with E-state index in [0.29, 0.717) is 11.8 Å². The summed E-state index contributed by atoms with van der Waals surface area (Å²) >= 11 is 5.46. The lowest BCUT2D eigenvalue weighted by atomic mass is 10.2. The highest BCUT2D eigenvalue weighted by Crippen LogP contribution is 2.18. The summed E-state index contributed by atoms with van der Waals surface area (Å²) in [7, 11) is 3.05. The fourth-order valence-corrected chi connectivity index (χ4v) is 1.51. The third kappa shape index (κ3) is 4.98. The van der Waals surface area contributed by atoms with Crippen LogP contribution in [0.2, 0.25) is 5.02 Å². The minimum atomic E-state index is -1.25. The van der Waals surface area contributed by atoms with Gasteiger partial charge in [0.05, 0.1) is 25.8 Å². The number of hydrogen-bond acceptors (Lipinski definition) is 6. The van der Waals surface area contributed by atoms with E-state index in [4.69, 9.17) is 31.9 Å². The first-order chi connectivity index (χ1) is 10.4. The van der Waals surface area contributed by atoms with Crippen molar-refractivity contribution in [3.05, 3.63) is 34.9 Å². The van der Waals surface area contributed by atoms with Crippen LogP contribution in [0.15, 0.2) is 24.3 Å². The van der Waals surface area contributed by atoms with Crippen LogP contribution < -0.4 is 25.3 Å². The van der Waals surface area contributed by atoms with Crippen molar-refractivity contribution >= 4 is 23.5 Å². The average Bonchev–Trinajstić information content (AvgIpc) is 2.49. The van der Waals surface area contributed by atoms with Crippen molar-refractivity contribution in [2.75, 3.05) is 20.0 Å². The van der Waals surface area contributed by atoms with Crippen molar-refractivity contribution in [3.8, 4) is 17.5 Å². The number of ether oxygens (including phenoxy) is 2. The number of methoxy groups -OCH3 is 2. The molecule has 1 heterocycles. The SMILES string of the molecule is COc1cc(OC)[nH+]c(N)n1.O=C(O)c1cc(Cl)ccc1[O-]. The van der Waals surface area contributed by atoms with Crippen LogP contribution in [0.25, 0.3) is 0 Å². The Morgan fingerprint density at radius 1 is 1.36 bits per heavy atom. The minimum Gasteiger partial charge on any atom is -0.872 e. The zero-order valence-corrected chi connectivity index (χ0v) is 12.5. The van der Waals surface area contributed by atoms with Gasteiger partial charge in [0.25, 0.3) is 11.8 Å². The first kappa shape index (κ1) is 17.3. The van der Waals surface area contributed by atoms with E-state index < -0.39 is 11.7 Å². The number of aromatic nitrogens is 2. The molecule has 0 atom stereocenters. The zero-order valence-electron chi connectivity index (χ0n) is 11.8. The molecule has 118 valence electrons. The van der Waals surface area contributed by atoms with Gasteiger partial charge < -0.3 is 19.7 Å². The molecular formula is C13H14ClN3O5. The Morgan fingerprint density at radius 3 is 2.55 bits per heavy atom. The van der Waals surface area contributed by atoms with E-state index in [-0.39, 0.29) is 16.5 Å². The summed E-state index contributed by atoms with van der Waals surface area (Å²) in [5.41, 5.74) is 5.09. The molecule has 0 aliphatic carbocycles. The van der Waals surface area contributed by atoms with Crippen LogP contribution in [-0.2, 0) is 0 Å². The van der Waals surface area contributed by atoms with Gasteiger partial charge in [-0.15, -0.1) is 0 Å². The van der Waals surface area contributed by atoms with Crippen LogP contribution in [-0.4, -0.2) is 30.3 Å². The molecule has 1 aromatic carbocycles. The van der Waals surface area contributed by atoms with Crippen LogP contribution in [0.3, 0.4) is 0 Å². The minimum absolute atomic E-state index is 0.252. The third-order valence-corrected chi connectivity index (χ3v) is 2.57. The Kier molecular flexibility index (Phi) is 6.21. The first-order valence-corrected chi connectivity index (χ1v) is 6.22. The Balaban J connectivity index is 0.000000220. The molecule has 22 heavy (non-hydrogen) atoms. The molecular weight excluding hydrogens is 314 g/mol. The Bertz CT molecular complexity index is 644. The molecule has 1 aromatic heterocycles. The lowest BCUT2D eigenvalue weighted by molar-refractivity contribution is -0.380. The van der Waals surface area contributed by atoms with Crippen molar-refractivity contribution < 1.29 is 29.5 Å². The molecule has 2 aromatic rings. The lowest BCUT2D eigenvalue weighted by Gasteiger charge is -2.08. The summed E-state index contributed by atoms with van der Waals surface area (Å²) in [6, 6.07) is 5.23. The van der Waals surface area contributed by atoms with E-state index in [1.165, 1.54) is 20.3 Å². The second-order valence-electron chi connectivity index (χ2n) is 3.82. The van der Waals surface area contributed by atoms with E-state index >= 15 is 0 Å².